The molecule has 0 bridgehead atoms. The summed E-state index contributed by atoms with van der Waals surface area (Å²) in [6.45, 7) is 3.57. The van der Waals surface area contributed by atoms with E-state index in [1.54, 1.807) is 24.8 Å². The zero-order chi connectivity index (χ0) is 26.2. The van der Waals surface area contributed by atoms with Crippen LogP contribution in [-0.4, -0.2) is 61.3 Å². The summed E-state index contributed by atoms with van der Waals surface area (Å²) in [5.74, 6) is 0.152. The first-order valence-electron chi connectivity index (χ1n) is 13.1. The van der Waals surface area contributed by atoms with Crippen LogP contribution in [-0.2, 0) is 0 Å². The van der Waals surface area contributed by atoms with Crippen LogP contribution in [0.25, 0.3) is 55.7 Å². The lowest BCUT2D eigenvalue weighted by molar-refractivity contribution is 0.237. The van der Waals surface area contributed by atoms with Gasteiger partial charge in [0.15, 0.2) is 0 Å². The van der Waals surface area contributed by atoms with Gasteiger partial charge in [-0.2, -0.15) is 5.10 Å². The molecule has 1 aliphatic rings. The fraction of sp³-hybridized carbons (Fsp3) is 0.200. The van der Waals surface area contributed by atoms with Crippen molar-refractivity contribution < 1.29 is 9.13 Å². The van der Waals surface area contributed by atoms with E-state index in [9.17, 15) is 4.39 Å². The van der Waals surface area contributed by atoms with E-state index in [1.807, 2.05) is 36.4 Å². The van der Waals surface area contributed by atoms with E-state index in [0.717, 1.165) is 64.1 Å². The fourth-order valence-corrected chi connectivity index (χ4v) is 5.29. The molecule has 1 aromatic carbocycles. The number of aromatic amines is 2. The van der Waals surface area contributed by atoms with Gasteiger partial charge in [0.1, 0.15) is 23.9 Å². The molecule has 0 aliphatic carbocycles. The van der Waals surface area contributed by atoms with Crippen molar-refractivity contribution in [3.63, 3.8) is 0 Å². The third-order valence-electron chi connectivity index (χ3n) is 7.23. The fourth-order valence-electron chi connectivity index (χ4n) is 5.29. The van der Waals surface area contributed by atoms with E-state index in [2.05, 4.69) is 35.0 Å². The molecule has 0 spiro atoms. The summed E-state index contributed by atoms with van der Waals surface area (Å²) in [5, 5.41) is 9.46. The van der Waals surface area contributed by atoms with Gasteiger partial charge in [-0.3, -0.25) is 25.0 Å². The van der Waals surface area contributed by atoms with E-state index in [-0.39, 0.29) is 5.82 Å². The number of benzene rings is 1. The molecule has 6 aromatic rings. The number of hydrogen-bond donors (Lipinski definition) is 2. The largest absolute Gasteiger partial charge is 0.492 e. The topological polar surface area (TPSA) is 95.6 Å². The average molecular weight is 520 g/mol. The molecule has 8 nitrogen and oxygen atoms in total. The summed E-state index contributed by atoms with van der Waals surface area (Å²) in [5.41, 5.74) is 6.39. The van der Waals surface area contributed by atoms with Gasteiger partial charge in [-0.05, 0) is 68.4 Å². The molecule has 2 N–H and O–H groups in total. The smallest absolute Gasteiger partial charge is 0.127 e. The Morgan fingerprint density at radius 1 is 0.872 bits per heavy atom. The minimum absolute atomic E-state index is 0.355. The summed E-state index contributed by atoms with van der Waals surface area (Å²) in [4.78, 5) is 19.2. The number of nitrogens with zero attached hydrogens (tertiary/aromatic N) is 5. The van der Waals surface area contributed by atoms with Crippen LogP contribution in [0.2, 0.25) is 0 Å². The highest BCUT2D eigenvalue weighted by molar-refractivity contribution is 6.00. The van der Waals surface area contributed by atoms with Gasteiger partial charge in [-0.25, -0.2) is 4.39 Å². The molecule has 194 valence electrons. The maximum atomic E-state index is 14.7. The van der Waals surface area contributed by atoms with E-state index in [0.29, 0.717) is 23.6 Å². The van der Waals surface area contributed by atoms with Crippen molar-refractivity contribution in [2.75, 3.05) is 26.2 Å². The Bertz CT molecular complexity index is 1770. The second-order valence-electron chi connectivity index (χ2n) is 9.81. The van der Waals surface area contributed by atoms with Gasteiger partial charge in [0.25, 0.3) is 0 Å². The average Bonchev–Trinajstić information content (AvgIpc) is 3.72. The lowest BCUT2D eigenvalue weighted by Crippen LogP contribution is -2.25. The molecule has 7 rings (SSSR count). The molecule has 0 unspecified atom stereocenters. The summed E-state index contributed by atoms with van der Waals surface area (Å²) >= 11 is 0. The van der Waals surface area contributed by atoms with E-state index < -0.39 is 0 Å². The number of aromatic nitrogens is 6. The summed E-state index contributed by atoms with van der Waals surface area (Å²) < 4.78 is 20.6. The van der Waals surface area contributed by atoms with Crippen LogP contribution in [0.5, 0.6) is 5.75 Å². The Hall–Kier alpha value is -4.63. The highest BCUT2D eigenvalue weighted by Crippen LogP contribution is 2.35. The molecule has 9 heteroatoms. The van der Waals surface area contributed by atoms with Crippen LogP contribution in [0.1, 0.15) is 12.8 Å². The number of fused-ring (bicyclic) bond motifs is 2. The number of pyridine rings is 3. The predicted molar refractivity (Wildman–Crippen MR) is 149 cm³/mol. The molecular formula is C30H26FN7O. The van der Waals surface area contributed by atoms with Gasteiger partial charge < -0.3 is 9.72 Å². The maximum Gasteiger partial charge on any atom is 0.127 e. The minimum Gasteiger partial charge on any atom is -0.492 e. The maximum absolute atomic E-state index is 14.7. The normalized spacial score (nSPS) is 14.0. The van der Waals surface area contributed by atoms with Gasteiger partial charge >= 0.3 is 0 Å². The zero-order valence-electron chi connectivity index (χ0n) is 21.2. The highest BCUT2D eigenvalue weighted by Gasteiger charge is 2.17. The Balaban J connectivity index is 1.23. The van der Waals surface area contributed by atoms with E-state index >= 15 is 0 Å². The quantitative estimate of drug-likeness (QED) is 0.275. The van der Waals surface area contributed by atoms with Crippen molar-refractivity contribution in [1.82, 2.24) is 35.0 Å². The van der Waals surface area contributed by atoms with E-state index in [1.165, 1.54) is 25.0 Å². The number of hydrogen-bond acceptors (Lipinski definition) is 6. The Morgan fingerprint density at radius 2 is 1.77 bits per heavy atom. The lowest BCUT2D eigenvalue weighted by Gasteiger charge is -2.15. The molecule has 1 saturated heterocycles. The van der Waals surface area contributed by atoms with Crippen molar-refractivity contribution in [3.05, 3.63) is 79.1 Å². The molecular weight excluding hydrogens is 493 g/mol. The Morgan fingerprint density at radius 3 is 2.64 bits per heavy atom. The van der Waals surface area contributed by atoms with Crippen molar-refractivity contribution in [2.24, 2.45) is 0 Å². The molecule has 1 fully saturated rings. The molecule has 6 heterocycles. The molecule has 0 amide bonds. The first-order chi connectivity index (χ1) is 19.2. The number of nitrogens with one attached hydrogen (secondary N) is 2. The van der Waals surface area contributed by atoms with Gasteiger partial charge in [-0.15, -0.1) is 0 Å². The van der Waals surface area contributed by atoms with Crippen LogP contribution in [0.4, 0.5) is 4.39 Å². The predicted octanol–water partition coefficient (Wildman–Crippen LogP) is 5.84. The van der Waals surface area contributed by atoms with Crippen LogP contribution < -0.4 is 4.74 Å². The van der Waals surface area contributed by atoms with Crippen molar-refractivity contribution in [3.8, 4) is 39.7 Å². The standard InChI is InChI=1S/C30H26FN7O/c31-21-12-20(13-22(14-21)39-11-10-38-8-1-2-9-38)29-23-16-27(35-25(23)5-7-33-29)30-24-15-26(19-4-3-6-32-17-19)34-18-28(24)36-37-30/h3-7,12-18,35H,1-2,8-11H2,(H,36,37). The third-order valence-corrected chi connectivity index (χ3v) is 7.23. The molecule has 39 heavy (non-hydrogen) atoms. The molecule has 1 aliphatic heterocycles. The van der Waals surface area contributed by atoms with Crippen LogP contribution in [0.15, 0.2) is 73.3 Å². The third kappa shape index (κ3) is 4.61. The Kier molecular flexibility index (Phi) is 5.97. The summed E-state index contributed by atoms with van der Waals surface area (Å²) in [6.07, 6.45) is 9.50. The number of likely N-dealkylation sites (tertiary alicyclic amines) is 1. The van der Waals surface area contributed by atoms with Gasteiger partial charge in [0.05, 0.1) is 28.8 Å². The summed E-state index contributed by atoms with van der Waals surface area (Å²) in [7, 11) is 0. The second kappa shape index (κ2) is 9.92. The lowest BCUT2D eigenvalue weighted by atomic mass is 10.1. The first kappa shape index (κ1) is 23.5. The van der Waals surface area contributed by atoms with Crippen molar-refractivity contribution in [1.29, 1.82) is 0 Å². The zero-order valence-corrected chi connectivity index (χ0v) is 21.2. The molecule has 0 atom stereocenters. The van der Waals surface area contributed by atoms with Crippen molar-refractivity contribution in [2.45, 2.75) is 12.8 Å². The number of H-pyrrole nitrogens is 2. The highest BCUT2D eigenvalue weighted by atomic mass is 19.1. The van der Waals surface area contributed by atoms with Gasteiger partial charge in [-0.1, -0.05) is 0 Å². The van der Waals surface area contributed by atoms with Gasteiger partial charge in [0, 0.05) is 58.6 Å². The monoisotopic (exact) mass is 519 g/mol. The minimum atomic E-state index is -0.355. The van der Waals surface area contributed by atoms with Gasteiger partial charge in [0.2, 0.25) is 0 Å². The number of halogens is 1. The first-order valence-corrected chi connectivity index (χ1v) is 13.1. The number of rotatable bonds is 7. The number of ether oxygens (including phenoxy) is 1. The molecule has 0 saturated carbocycles. The molecule has 5 aromatic heterocycles. The second-order valence-corrected chi connectivity index (χ2v) is 9.81. The summed E-state index contributed by atoms with van der Waals surface area (Å²) in [6, 6.07) is 14.6. The van der Waals surface area contributed by atoms with Crippen LogP contribution in [0, 0.1) is 5.82 Å². The molecule has 0 radical (unpaired) electrons. The van der Waals surface area contributed by atoms with Crippen LogP contribution >= 0.6 is 0 Å². The van der Waals surface area contributed by atoms with Crippen LogP contribution in [0.3, 0.4) is 0 Å². The van der Waals surface area contributed by atoms with Crippen molar-refractivity contribution >= 4 is 21.8 Å². The Labute approximate surface area is 223 Å². The SMILES string of the molecule is Fc1cc(OCCN2CCCC2)cc(-c2nccc3[nH]c(-c4n[nH]c5cnc(-c6cccnc6)cc45)cc23)c1. The van der Waals surface area contributed by atoms with E-state index in [4.69, 9.17) is 4.74 Å².